The summed E-state index contributed by atoms with van der Waals surface area (Å²) in [5, 5.41) is 0. The van der Waals surface area contributed by atoms with Crippen molar-refractivity contribution in [1.82, 2.24) is 0 Å². The highest BCUT2D eigenvalue weighted by atomic mass is 16.2. The van der Waals surface area contributed by atoms with Crippen LogP contribution in [0.5, 0.6) is 0 Å². The van der Waals surface area contributed by atoms with Crippen LogP contribution in [0.3, 0.4) is 0 Å². The van der Waals surface area contributed by atoms with Crippen molar-refractivity contribution in [3.63, 3.8) is 0 Å². The summed E-state index contributed by atoms with van der Waals surface area (Å²) in [7, 11) is 1.83. The Balaban J connectivity index is 2.23. The van der Waals surface area contributed by atoms with E-state index in [2.05, 4.69) is 26.0 Å². The molecule has 98 valence electrons. The molecule has 0 aliphatic carbocycles. The van der Waals surface area contributed by atoms with E-state index in [1.807, 2.05) is 13.1 Å². The van der Waals surface area contributed by atoms with Crippen LogP contribution in [0.25, 0.3) is 0 Å². The van der Waals surface area contributed by atoms with E-state index >= 15 is 0 Å². The highest BCUT2D eigenvalue weighted by Crippen LogP contribution is 2.32. The van der Waals surface area contributed by atoms with Gasteiger partial charge in [0.05, 0.1) is 6.42 Å². The van der Waals surface area contributed by atoms with Crippen molar-refractivity contribution in [3.05, 3.63) is 29.3 Å². The first-order chi connectivity index (χ1) is 8.54. The highest BCUT2D eigenvalue weighted by molar-refractivity contribution is 6.00. The number of likely N-dealkylation sites (N-methyl/N-ethyl adjacent to an activating group) is 1. The molecule has 1 aromatic carbocycles. The lowest BCUT2D eigenvalue weighted by molar-refractivity contribution is -0.117. The molecule has 2 N–H and O–H groups in total. The largest absolute Gasteiger partial charge is 0.324 e. The van der Waals surface area contributed by atoms with E-state index in [0.29, 0.717) is 12.3 Å². The molecule has 2 unspecified atom stereocenters. The number of carbonyl (C=O) groups excluding carboxylic acids is 1. The number of nitrogens with two attached hydrogens (primary N) is 1. The first-order valence-electron chi connectivity index (χ1n) is 6.69. The zero-order chi connectivity index (χ0) is 13.3. The van der Waals surface area contributed by atoms with Gasteiger partial charge in [-0.25, -0.2) is 0 Å². The number of nitrogens with zero attached hydrogens (tertiary/aromatic N) is 1. The average Bonchev–Trinajstić information content (AvgIpc) is 2.64. The van der Waals surface area contributed by atoms with Gasteiger partial charge in [0, 0.05) is 18.8 Å². The number of amides is 1. The maximum atomic E-state index is 11.6. The molecule has 0 fully saturated rings. The molecule has 18 heavy (non-hydrogen) atoms. The van der Waals surface area contributed by atoms with Gasteiger partial charge in [-0.2, -0.15) is 0 Å². The lowest BCUT2D eigenvalue weighted by Gasteiger charge is -2.20. The van der Waals surface area contributed by atoms with Gasteiger partial charge in [0.25, 0.3) is 0 Å². The van der Waals surface area contributed by atoms with Crippen LogP contribution in [-0.4, -0.2) is 13.0 Å². The monoisotopic (exact) mass is 246 g/mol. The minimum atomic E-state index is 0.0660. The van der Waals surface area contributed by atoms with Gasteiger partial charge in [-0.05, 0) is 29.5 Å². The van der Waals surface area contributed by atoms with Crippen LogP contribution in [0.15, 0.2) is 18.2 Å². The number of carbonyl (C=O) groups is 1. The summed E-state index contributed by atoms with van der Waals surface area (Å²) in [4.78, 5) is 13.4. The fourth-order valence-electron chi connectivity index (χ4n) is 2.66. The van der Waals surface area contributed by atoms with Gasteiger partial charge in [0.15, 0.2) is 0 Å². The molecule has 2 rings (SSSR count). The van der Waals surface area contributed by atoms with Crippen LogP contribution in [0.1, 0.15) is 43.9 Å². The Bertz CT molecular complexity index is 456. The van der Waals surface area contributed by atoms with E-state index in [9.17, 15) is 4.79 Å². The quantitative estimate of drug-likeness (QED) is 0.887. The number of hydrogen-bond donors (Lipinski definition) is 1. The number of hydrogen-bond acceptors (Lipinski definition) is 2. The third-order valence-electron chi connectivity index (χ3n) is 3.92. The van der Waals surface area contributed by atoms with Gasteiger partial charge >= 0.3 is 0 Å². The normalized spacial score (nSPS) is 17.8. The molecule has 2 atom stereocenters. The Morgan fingerprint density at radius 3 is 2.83 bits per heavy atom. The van der Waals surface area contributed by atoms with Crippen molar-refractivity contribution >= 4 is 11.6 Å². The minimum Gasteiger partial charge on any atom is -0.324 e. The summed E-state index contributed by atoms with van der Waals surface area (Å²) in [6.45, 7) is 4.37. The summed E-state index contributed by atoms with van der Waals surface area (Å²) in [5.41, 5.74) is 9.58. The second kappa shape index (κ2) is 5.11. The Labute approximate surface area is 109 Å². The zero-order valence-electron chi connectivity index (χ0n) is 11.4. The molecule has 3 heteroatoms. The molecule has 3 nitrogen and oxygen atoms in total. The van der Waals surface area contributed by atoms with Crippen molar-refractivity contribution in [2.24, 2.45) is 11.7 Å². The molecule has 0 bridgehead atoms. The zero-order valence-corrected chi connectivity index (χ0v) is 11.4. The summed E-state index contributed by atoms with van der Waals surface area (Å²) in [5.74, 6) is 0.639. The topological polar surface area (TPSA) is 46.3 Å². The standard InChI is InChI=1S/C15H22N2O/c1-4-5-10(2)15(16)11-6-7-13-12(8-11)9-14(18)17(13)3/h6-8,10,15H,4-5,9,16H2,1-3H3. The molecule has 0 saturated carbocycles. The van der Waals surface area contributed by atoms with E-state index in [-0.39, 0.29) is 11.9 Å². The van der Waals surface area contributed by atoms with Crippen LogP contribution in [0.4, 0.5) is 5.69 Å². The molecule has 1 heterocycles. The lowest BCUT2D eigenvalue weighted by Crippen LogP contribution is -2.20. The number of fused-ring (bicyclic) bond motifs is 1. The van der Waals surface area contributed by atoms with Crippen molar-refractivity contribution < 1.29 is 4.79 Å². The van der Waals surface area contributed by atoms with E-state index in [4.69, 9.17) is 5.73 Å². The highest BCUT2D eigenvalue weighted by Gasteiger charge is 2.25. The smallest absolute Gasteiger partial charge is 0.231 e. The van der Waals surface area contributed by atoms with Crippen molar-refractivity contribution in [3.8, 4) is 0 Å². The summed E-state index contributed by atoms with van der Waals surface area (Å²) in [6.07, 6.45) is 2.80. The van der Waals surface area contributed by atoms with Gasteiger partial charge in [-0.1, -0.05) is 32.4 Å². The molecule has 0 saturated heterocycles. The van der Waals surface area contributed by atoms with Gasteiger partial charge in [0.1, 0.15) is 0 Å². The Hall–Kier alpha value is -1.35. The van der Waals surface area contributed by atoms with Crippen molar-refractivity contribution in [1.29, 1.82) is 0 Å². The molecule has 0 aromatic heterocycles. The number of anilines is 1. The molecule has 1 aliphatic heterocycles. The maximum absolute atomic E-state index is 11.6. The van der Waals surface area contributed by atoms with E-state index in [1.165, 1.54) is 0 Å². The SMILES string of the molecule is CCCC(C)C(N)c1ccc2c(c1)CC(=O)N2C. The van der Waals surface area contributed by atoms with Gasteiger partial charge in [0.2, 0.25) is 5.91 Å². The average molecular weight is 246 g/mol. The Kier molecular flexibility index (Phi) is 3.71. The van der Waals surface area contributed by atoms with Crippen LogP contribution < -0.4 is 10.6 Å². The van der Waals surface area contributed by atoms with Crippen LogP contribution in [0, 0.1) is 5.92 Å². The van der Waals surface area contributed by atoms with Crippen LogP contribution in [0.2, 0.25) is 0 Å². The van der Waals surface area contributed by atoms with Crippen LogP contribution >= 0.6 is 0 Å². The summed E-state index contributed by atoms with van der Waals surface area (Å²) < 4.78 is 0. The lowest BCUT2D eigenvalue weighted by atomic mass is 9.90. The predicted octanol–water partition coefficient (Wildman–Crippen LogP) is 2.64. The predicted molar refractivity (Wildman–Crippen MR) is 74.6 cm³/mol. The Morgan fingerprint density at radius 2 is 2.17 bits per heavy atom. The number of rotatable bonds is 4. The van der Waals surface area contributed by atoms with Gasteiger partial charge < -0.3 is 10.6 Å². The van der Waals surface area contributed by atoms with Gasteiger partial charge in [-0.15, -0.1) is 0 Å². The fraction of sp³-hybridized carbons (Fsp3) is 0.533. The van der Waals surface area contributed by atoms with E-state index in [1.54, 1.807) is 4.90 Å². The molecule has 0 spiro atoms. The maximum Gasteiger partial charge on any atom is 0.231 e. The summed E-state index contributed by atoms with van der Waals surface area (Å²) in [6, 6.07) is 6.25. The first-order valence-corrected chi connectivity index (χ1v) is 6.69. The minimum absolute atomic E-state index is 0.0660. The molecule has 1 aliphatic rings. The van der Waals surface area contributed by atoms with E-state index in [0.717, 1.165) is 29.7 Å². The number of benzene rings is 1. The van der Waals surface area contributed by atoms with Crippen molar-refractivity contribution in [2.75, 3.05) is 11.9 Å². The summed E-state index contributed by atoms with van der Waals surface area (Å²) >= 11 is 0. The van der Waals surface area contributed by atoms with E-state index < -0.39 is 0 Å². The molecular formula is C15H22N2O. The third kappa shape index (κ3) is 2.27. The van der Waals surface area contributed by atoms with Gasteiger partial charge in [-0.3, -0.25) is 4.79 Å². The second-order valence-corrected chi connectivity index (χ2v) is 5.31. The first kappa shape index (κ1) is 13.1. The third-order valence-corrected chi connectivity index (χ3v) is 3.92. The van der Waals surface area contributed by atoms with Crippen molar-refractivity contribution in [2.45, 2.75) is 39.2 Å². The molecular weight excluding hydrogens is 224 g/mol. The fourth-order valence-corrected chi connectivity index (χ4v) is 2.66. The Morgan fingerprint density at radius 1 is 1.44 bits per heavy atom. The van der Waals surface area contributed by atoms with Crippen LogP contribution in [-0.2, 0) is 11.2 Å². The molecule has 1 amide bonds. The molecule has 1 aromatic rings. The second-order valence-electron chi connectivity index (χ2n) is 5.31. The molecule has 0 radical (unpaired) electrons.